The third-order valence-corrected chi connectivity index (χ3v) is 12.3. The lowest BCUT2D eigenvalue weighted by molar-refractivity contribution is 0.102. The Balaban J connectivity index is 1.35. The molecule has 6 bridgehead atoms. The van der Waals surface area contributed by atoms with Gasteiger partial charge in [-0.25, -0.2) is 0 Å². The molecule has 0 saturated carbocycles. The second-order valence-corrected chi connectivity index (χ2v) is 16.1. The molecule has 1 amide bonds. The summed E-state index contributed by atoms with van der Waals surface area (Å²) in [7, 11) is 10.7. The van der Waals surface area contributed by atoms with E-state index < -0.39 is 5.91 Å². The zero-order chi connectivity index (χ0) is 40.8. The van der Waals surface area contributed by atoms with Crippen molar-refractivity contribution in [2.24, 2.45) is 0 Å². The second kappa shape index (κ2) is 16.4. The van der Waals surface area contributed by atoms with E-state index in [0.29, 0.717) is 63.1 Å². The third kappa shape index (κ3) is 7.48. The van der Waals surface area contributed by atoms with Crippen LogP contribution in [-0.2, 0) is 25.7 Å². The molecule has 0 aromatic heterocycles. The van der Waals surface area contributed by atoms with Gasteiger partial charge in [-0.3, -0.25) is 14.6 Å². The molecular weight excluding hydrogens is 801 g/mol. The van der Waals surface area contributed by atoms with Gasteiger partial charge in [0.05, 0.1) is 44.0 Å². The van der Waals surface area contributed by atoms with Crippen molar-refractivity contribution in [3.8, 4) is 46.0 Å². The van der Waals surface area contributed by atoms with Crippen molar-refractivity contribution in [3.05, 3.63) is 121 Å². The van der Waals surface area contributed by atoms with Gasteiger partial charge in [0, 0.05) is 47.5 Å². The highest BCUT2D eigenvalue weighted by Gasteiger charge is 2.35. The summed E-state index contributed by atoms with van der Waals surface area (Å²) < 4.78 is 37.6. The first-order chi connectivity index (χ1) is 28.0. The monoisotopic (exact) mass is 843 g/mol. The first kappa shape index (κ1) is 40.0. The Bertz CT molecular complexity index is 2380. The number of ether oxygens (including phenoxy) is 6. The Labute approximate surface area is 353 Å². The molecule has 0 spiro atoms. The van der Waals surface area contributed by atoms with Crippen molar-refractivity contribution in [2.45, 2.75) is 37.8 Å². The molecule has 5 aromatic rings. The number of fused-ring (bicyclic) bond motifs is 2. The van der Waals surface area contributed by atoms with E-state index in [2.05, 4.69) is 53.5 Å². The predicted molar refractivity (Wildman–Crippen MR) is 227 cm³/mol. The molecule has 58 heavy (non-hydrogen) atoms. The van der Waals surface area contributed by atoms with E-state index in [1.165, 1.54) is 23.3 Å². The summed E-state index contributed by atoms with van der Waals surface area (Å²) in [6.45, 7) is 1.65. The number of hydrogen-bond acceptors (Lipinski definition) is 9. The fourth-order valence-corrected chi connectivity index (χ4v) is 9.39. The van der Waals surface area contributed by atoms with Crippen LogP contribution in [0, 0.1) is 0 Å². The molecule has 5 aromatic carbocycles. The highest BCUT2D eigenvalue weighted by atomic mass is 35.5. The first-order valence-corrected chi connectivity index (χ1v) is 20.1. The molecule has 9 rings (SSSR count). The lowest BCUT2D eigenvalue weighted by atomic mass is 9.86. The minimum atomic E-state index is -0.509. The van der Waals surface area contributed by atoms with Crippen LogP contribution >= 0.6 is 34.8 Å². The van der Waals surface area contributed by atoms with Gasteiger partial charge in [-0.1, -0.05) is 46.9 Å². The normalized spacial score (nSPS) is 17.5. The number of likely N-dealkylation sites (N-methyl/N-ethyl adjacent to an activating group) is 2. The molecule has 1 N–H and O–H groups in total. The second-order valence-electron chi connectivity index (χ2n) is 14.8. The van der Waals surface area contributed by atoms with Gasteiger partial charge < -0.3 is 33.7 Å². The van der Waals surface area contributed by atoms with Crippen molar-refractivity contribution in [3.63, 3.8) is 0 Å². The van der Waals surface area contributed by atoms with Crippen LogP contribution in [0.2, 0.25) is 15.1 Å². The fourth-order valence-electron chi connectivity index (χ4n) is 8.40. The van der Waals surface area contributed by atoms with Crippen LogP contribution in [0.1, 0.15) is 55.8 Å². The summed E-state index contributed by atoms with van der Waals surface area (Å²) >= 11 is 19.3. The van der Waals surface area contributed by atoms with Gasteiger partial charge in [0.25, 0.3) is 5.91 Å². The predicted octanol–water partition coefficient (Wildman–Crippen LogP) is 10.4. The molecule has 0 radical (unpaired) electrons. The third-order valence-electron chi connectivity index (χ3n) is 11.5. The summed E-state index contributed by atoms with van der Waals surface area (Å²) in [5.74, 6) is 3.77. The first-order valence-electron chi connectivity index (χ1n) is 19.0. The van der Waals surface area contributed by atoms with Crippen molar-refractivity contribution >= 4 is 46.4 Å². The zero-order valence-electron chi connectivity index (χ0n) is 33.1. The Morgan fingerprint density at radius 2 is 1.31 bits per heavy atom. The Kier molecular flexibility index (Phi) is 11.3. The number of amides is 1. The van der Waals surface area contributed by atoms with Crippen LogP contribution < -0.4 is 33.7 Å². The maximum atomic E-state index is 14.0. The number of nitrogens with zero attached hydrogens (tertiary/aromatic N) is 2. The van der Waals surface area contributed by atoms with E-state index in [0.717, 1.165) is 54.6 Å². The molecule has 0 saturated heterocycles. The Morgan fingerprint density at radius 3 is 1.98 bits per heavy atom. The summed E-state index contributed by atoms with van der Waals surface area (Å²) in [5.41, 5.74) is 6.86. The topological polar surface area (TPSA) is 91.0 Å². The van der Waals surface area contributed by atoms with Crippen molar-refractivity contribution in [1.82, 2.24) is 9.80 Å². The summed E-state index contributed by atoms with van der Waals surface area (Å²) in [6, 6.07) is 20.8. The Morgan fingerprint density at radius 1 is 0.690 bits per heavy atom. The van der Waals surface area contributed by atoms with Crippen LogP contribution in [0.15, 0.2) is 66.7 Å². The number of anilines is 1. The van der Waals surface area contributed by atoms with Crippen LogP contribution in [0.3, 0.4) is 0 Å². The number of hydrogen-bond donors (Lipinski definition) is 1. The number of halogens is 3. The van der Waals surface area contributed by atoms with E-state index in [4.69, 9.17) is 63.2 Å². The van der Waals surface area contributed by atoms with Crippen LogP contribution in [-0.4, -0.2) is 71.3 Å². The maximum Gasteiger partial charge on any atom is 0.258 e. The Hall–Kier alpha value is -4.84. The van der Waals surface area contributed by atoms with Crippen molar-refractivity contribution < 1.29 is 33.2 Å². The minimum Gasteiger partial charge on any atom is -0.493 e. The molecule has 4 heterocycles. The molecule has 10 nitrogen and oxygen atoms in total. The minimum absolute atomic E-state index is 0.0886. The number of carbonyl (C=O) groups is 1. The standard InChI is InChI=1S/C45H44Cl3N3O7/c1-50-13-11-25-17-36(53-3)39-22-30(25)34(50)15-24-7-9-29(10-8-24)57-38-19-27(33(23-37(38)54-4)49-45(52)42-31(47)20-28(46)21-32(42)48)16-35-41-26(12-14-51(35)2)18-40(55-5)43(56-6)44(41)58-39/h7-10,17-23,34-35H,11-16H2,1-6H3,(H,49,52)/t34-,35-/m0/s1. The summed E-state index contributed by atoms with van der Waals surface area (Å²) in [6.07, 6.45) is 2.78. The molecule has 2 atom stereocenters. The van der Waals surface area contributed by atoms with Gasteiger partial charge in [-0.15, -0.1) is 0 Å². The molecule has 302 valence electrons. The molecule has 13 heteroatoms. The highest BCUT2D eigenvalue weighted by molar-refractivity contribution is 6.42. The van der Waals surface area contributed by atoms with Crippen molar-refractivity contribution in [2.75, 3.05) is 60.9 Å². The summed E-state index contributed by atoms with van der Waals surface area (Å²) in [5, 5.41) is 3.64. The molecule has 0 aliphatic carbocycles. The number of carbonyl (C=O) groups excluding carboxylic acids is 1. The van der Waals surface area contributed by atoms with Crippen molar-refractivity contribution in [1.29, 1.82) is 0 Å². The number of nitrogens with one attached hydrogen (secondary N) is 1. The molecule has 4 aliphatic rings. The van der Waals surface area contributed by atoms with Gasteiger partial charge in [0.15, 0.2) is 34.5 Å². The molecule has 0 fully saturated rings. The largest absolute Gasteiger partial charge is 0.493 e. The van der Waals surface area contributed by atoms with E-state index >= 15 is 0 Å². The summed E-state index contributed by atoms with van der Waals surface area (Å²) in [4.78, 5) is 18.7. The lowest BCUT2D eigenvalue weighted by Gasteiger charge is -2.37. The van der Waals surface area contributed by atoms with Gasteiger partial charge in [-0.2, -0.15) is 0 Å². The molecule has 0 unspecified atom stereocenters. The van der Waals surface area contributed by atoms with Crippen LogP contribution in [0.5, 0.6) is 46.0 Å². The molecule has 4 aliphatic heterocycles. The fraction of sp³-hybridized carbons (Fsp3) is 0.311. The van der Waals surface area contributed by atoms with Gasteiger partial charge >= 0.3 is 0 Å². The lowest BCUT2D eigenvalue weighted by Crippen LogP contribution is -2.34. The van der Waals surface area contributed by atoms with Gasteiger partial charge in [0.1, 0.15) is 5.75 Å². The quantitative estimate of drug-likeness (QED) is 0.179. The zero-order valence-corrected chi connectivity index (χ0v) is 35.4. The van der Waals surface area contributed by atoms with E-state index in [1.54, 1.807) is 34.5 Å². The average Bonchev–Trinajstić information content (AvgIpc) is 3.20. The van der Waals surface area contributed by atoms with E-state index in [9.17, 15) is 4.79 Å². The molecular formula is C45H44Cl3N3O7. The van der Waals surface area contributed by atoms with Gasteiger partial charge in [0.2, 0.25) is 5.75 Å². The van der Waals surface area contributed by atoms with Crippen LogP contribution in [0.25, 0.3) is 0 Å². The maximum absolute atomic E-state index is 14.0. The van der Waals surface area contributed by atoms with Crippen LogP contribution in [0.4, 0.5) is 5.69 Å². The number of methoxy groups -OCH3 is 4. The van der Waals surface area contributed by atoms with E-state index in [1.807, 2.05) is 24.3 Å². The smallest absolute Gasteiger partial charge is 0.258 e. The van der Waals surface area contributed by atoms with E-state index in [-0.39, 0.29) is 27.7 Å². The number of benzene rings is 5. The average molecular weight is 845 g/mol. The highest BCUT2D eigenvalue weighted by Crippen LogP contribution is 2.52. The SMILES string of the molecule is COc1cc(NC(=O)c2c(Cl)cc(Cl)cc2Cl)c2cc1Oc1ccc(cc1)C[C@H]1c3cc(c(OC)cc3CCN1C)Oc1c(OC)c(OC)cc3c1[C@H](C2)N(C)CC3. The number of rotatable bonds is 6. The van der Waals surface area contributed by atoms with Gasteiger partial charge in [-0.05, 0) is 116 Å².